The third kappa shape index (κ3) is 3.69. The van der Waals surface area contributed by atoms with E-state index in [0.29, 0.717) is 31.1 Å². The quantitative estimate of drug-likeness (QED) is 0.805. The summed E-state index contributed by atoms with van der Waals surface area (Å²) in [5.41, 5.74) is 4.85. The summed E-state index contributed by atoms with van der Waals surface area (Å²) in [6, 6.07) is 9.95. The molecule has 0 saturated carbocycles. The van der Waals surface area contributed by atoms with Gasteiger partial charge in [-0.25, -0.2) is 8.42 Å². The number of ether oxygens (including phenoxy) is 1. The number of anilines is 1. The smallest absolute Gasteiger partial charge is 0.243 e. The summed E-state index contributed by atoms with van der Waals surface area (Å²) >= 11 is 0. The van der Waals surface area contributed by atoms with Crippen molar-refractivity contribution in [2.45, 2.75) is 32.6 Å². The van der Waals surface area contributed by atoms with E-state index in [4.69, 9.17) is 4.74 Å². The van der Waals surface area contributed by atoms with Crippen LogP contribution in [-0.2, 0) is 10.0 Å². The van der Waals surface area contributed by atoms with Crippen LogP contribution < -0.4 is 9.64 Å². The van der Waals surface area contributed by atoms with Crippen molar-refractivity contribution in [3.63, 3.8) is 0 Å². The molecule has 0 radical (unpaired) electrons. The Hall–Kier alpha value is -2.05. The average Bonchev–Trinajstić information content (AvgIpc) is 2.66. The zero-order chi connectivity index (χ0) is 19.8. The normalized spacial score (nSPS) is 15.8. The van der Waals surface area contributed by atoms with Crippen molar-refractivity contribution in [1.82, 2.24) is 4.31 Å². The highest BCUT2D eigenvalue weighted by Crippen LogP contribution is 2.30. The molecule has 0 bridgehead atoms. The molecule has 2 aromatic rings. The first-order valence-electron chi connectivity index (χ1n) is 9.22. The van der Waals surface area contributed by atoms with Crippen LogP contribution in [0, 0.1) is 27.7 Å². The molecule has 3 rings (SSSR count). The number of aryl methyl sites for hydroxylation is 2. The summed E-state index contributed by atoms with van der Waals surface area (Å²) in [5.74, 6) is 0.820. The molecule has 0 N–H and O–H groups in total. The second-order valence-electron chi connectivity index (χ2n) is 7.18. The third-order valence-corrected chi connectivity index (χ3v) is 7.74. The molecule has 1 fully saturated rings. The summed E-state index contributed by atoms with van der Waals surface area (Å²) in [6.45, 7) is 10.1. The predicted octanol–water partition coefficient (Wildman–Crippen LogP) is 3.44. The first-order chi connectivity index (χ1) is 12.8. The molecule has 1 heterocycles. The van der Waals surface area contributed by atoms with Crippen molar-refractivity contribution < 1.29 is 13.2 Å². The van der Waals surface area contributed by atoms with Crippen LogP contribution in [0.3, 0.4) is 0 Å². The maximum atomic E-state index is 13.4. The van der Waals surface area contributed by atoms with Crippen LogP contribution in [0.2, 0.25) is 0 Å². The fourth-order valence-corrected chi connectivity index (χ4v) is 5.67. The number of hydrogen-bond acceptors (Lipinski definition) is 4. The van der Waals surface area contributed by atoms with Gasteiger partial charge >= 0.3 is 0 Å². The summed E-state index contributed by atoms with van der Waals surface area (Å²) in [7, 11) is -1.85. The Labute approximate surface area is 162 Å². The number of benzene rings is 2. The molecule has 0 spiro atoms. The Kier molecular flexibility index (Phi) is 5.49. The monoisotopic (exact) mass is 388 g/mol. The van der Waals surface area contributed by atoms with Gasteiger partial charge in [0.2, 0.25) is 10.0 Å². The Bertz CT molecular complexity index is 903. The first kappa shape index (κ1) is 19.7. The maximum absolute atomic E-state index is 13.4. The van der Waals surface area contributed by atoms with Crippen LogP contribution in [0.5, 0.6) is 5.75 Å². The Morgan fingerprint density at radius 3 is 1.85 bits per heavy atom. The molecule has 6 heteroatoms. The fourth-order valence-electron chi connectivity index (χ4n) is 3.68. The zero-order valence-corrected chi connectivity index (χ0v) is 17.6. The van der Waals surface area contributed by atoms with Crippen LogP contribution in [0.4, 0.5) is 5.69 Å². The largest absolute Gasteiger partial charge is 0.497 e. The SMILES string of the molecule is COc1ccc(N2CCN(S(=O)(=O)c3c(C)c(C)cc(C)c3C)CC2)cc1. The molecule has 2 aromatic carbocycles. The van der Waals surface area contributed by atoms with Crippen LogP contribution in [-0.4, -0.2) is 46.0 Å². The van der Waals surface area contributed by atoms with E-state index in [0.717, 1.165) is 33.7 Å². The van der Waals surface area contributed by atoms with Gasteiger partial charge in [0.15, 0.2) is 0 Å². The maximum Gasteiger partial charge on any atom is 0.243 e. The average molecular weight is 389 g/mol. The Morgan fingerprint density at radius 1 is 0.852 bits per heavy atom. The first-order valence-corrected chi connectivity index (χ1v) is 10.7. The van der Waals surface area contributed by atoms with E-state index < -0.39 is 10.0 Å². The van der Waals surface area contributed by atoms with Crippen molar-refractivity contribution in [2.75, 3.05) is 38.2 Å². The molecule has 0 unspecified atom stereocenters. The van der Waals surface area contributed by atoms with Gasteiger partial charge in [-0.2, -0.15) is 4.31 Å². The minimum Gasteiger partial charge on any atom is -0.497 e. The van der Waals surface area contributed by atoms with Gasteiger partial charge in [-0.05, 0) is 74.2 Å². The van der Waals surface area contributed by atoms with Crippen molar-refractivity contribution in [3.05, 3.63) is 52.6 Å². The molecule has 27 heavy (non-hydrogen) atoms. The molecule has 0 atom stereocenters. The lowest BCUT2D eigenvalue weighted by molar-refractivity contribution is 0.384. The summed E-state index contributed by atoms with van der Waals surface area (Å²) in [4.78, 5) is 2.70. The van der Waals surface area contributed by atoms with E-state index in [-0.39, 0.29) is 0 Å². The predicted molar refractivity (Wildman–Crippen MR) is 109 cm³/mol. The van der Waals surface area contributed by atoms with E-state index in [1.165, 1.54) is 0 Å². The standard InChI is InChI=1S/C21H28N2O3S/c1-15-14-16(2)18(4)21(17(15)3)27(24,25)23-12-10-22(11-13-23)19-6-8-20(26-5)9-7-19/h6-9,14H,10-13H2,1-5H3. The minimum atomic E-state index is -3.50. The lowest BCUT2D eigenvalue weighted by Gasteiger charge is -2.36. The van der Waals surface area contributed by atoms with E-state index in [9.17, 15) is 8.42 Å². The van der Waals surface area contributed by atoms with Gasteiger partial charge in [0, 0.05) is 31.9 Å². The number of methoxy groups -OCH3 is 1. The van der Waals surface area contributed by atoms with Crippen LogP contribution in [0.15, 0.2) is 35.2 Å². The summed E-state index contributed by atoms with van der Waals surface area (Å²) < 4.78 is 33.5. The molecule has 0 aromatic heterocycles. The van der Waals surface area contributed by atoms with Crippen molar-refractivity contribution in [1.29, 1.82) is 0 Å². The van der Waals surface area contributed by atoms with Crippen molar-refractivity contribution in [3.8, 4) is 5.75 Å². The topological polar surface area (TPSA) is 49.9 Å². The van der Waals surface area contributed by atoms with E-state index in [1.54, 1.807) is 11.4 Å². The highest BCUT2D eigenvalue weighted by atomic mass is 32.2. The second-order valence-corrected chi connectivity index (χ2v) is 9.05. The molecule has 5 nitrogen and oxygen atoms in total. The second kappa shape index (κ2) is 7.52. The highest BCUT2D eigenvalue weighted by molar-refractivity contribution is 7.89. The van der Waals surface area contributed by atoms with Crippen LogP contribution in [0.1, 0.15) is 22.3 Å². The molecule has 1 saturated heterocycles. The zero-order valence-electron chi connectivity index (χ0n) is 16.7. The Balaban J connectivity index is 1.81. The fraction of sp³-hybridized carbons (Fsp3) is 0.429. The summed E-state index contributed by atoms with van der Waals surface area (Å²) in [6.07, 6.45) is 0. The van der Waals surface area contributed by atoms with Crippen LogP contribution in [0.25, 0.3) is 0 Å². The number of hydrogen-bond donors (Lipinski definition) is 0. The number of nitrogens with zero attached hydrogens (tertiary/aromatic N) is 2. The lowest BCUT2D eigenvalue weighted by Crippen LogP contribution is -2.49. The lowest BCUT2D eigenvalue weighted by atomic mass is 10.0. The number of sulfonamides is 1. The highest BCUT2D eigenvalue weighted by Gasteiger charge is 2.31. The van der Waals surface area contributed by atoms with E-state index >= 15 is 0 Å². The molecule has 1 aliphatic heterocycles. The number of rotatable bonds is 4. The van der Waals surface area contributed by atoms with Gasteiger partial charge in [0.1, 0.15) is 5.75 Å². The molecule has 0 amide bonds. The minimum absolute atomic E-state index is 0.484. The van der Waals surface area contributed by atoms with Gasteiger partial charge in [-0.3, -0.25) is 0 Å². The van der Waals surface area contributed by atoms with Gasteiger partial charge in [0.25, 0.3) is 0 Å². The third-order valence-electron chi connectivity index (χ3n) is 5.57. The molecular formula is C21H28N2O3S. The van der Waals surface area contributed by atoms with Gasteiger partial charge in [-0.15, -0.1) is 0 Å². The van der Waals surface area contributed by atoms with Crippen molar-refractivity contribution in [2.24, 2.45) is 0 Å². The van der Waals surface area contributed by atoms with Crippen LogP contribution >= 0.6 is 0 Å². The number of piperazine rings is 1. The summed E-state index contributed by atoms with van der Waals surface area (Å²) in [5, 5.41) is 0. The molecule has 1 aliphatic rings. The van der Waals surface area contributed by atoms with Gasteiger partial charge in [0.05, 0.1) is 12.0 Å². The van der Waals surface area contributed by atoms with E-state index in [2.05, 4.69) is 11.0 Å². The van der Waals surface area contributed by atoms with Crippen molar-refractivity contribution >= 4 is 15.7 Å². The van der Waals surface area contributed by atoms with Gasteiger partial charge < -0.3 is 9.64 Å². The molecular weight excluding hydrogens is 360 g/mol. The molecule has 146 valence electrons. The van der Waals surface area contributed by atoms with Gasteiger partial charge in [-0.1, -0.05) is 6.07 Å². The Morgan fingerprint density at radius 2 is 1.37 bits per heavy atom. The molecule has 0 aliphatic carbocycles. The van der Waals surface area contributed by atoms with E-state index in [1.807, 2.05) is 52.0 Å².